The Morgan fingerprint density at radius 2 is 1.95 bits per heavy atom. The lowest BCUT2D eigenvalue weighted by molar-refractivity contribution is -0.129. The van der Waals surface area contributed by atoms with Crippen molar-refractivity contribution in [1.29, 1.82) is 0 Å². The van der Waals surface area contributed by atoms with Crippen LogP contribution in [0.25, 0.3) is 0 Å². The largest absolute Gasteiger partial charge is 0.342 e. The molecule has 1 N–H and O–H groups in total. The van der Waals surface area contributed by atoms with Crippen molar-refractivity contribution in [1.82, 2.24) is 4.90 Å². The van der Waals surface area contributed by atoms with Gasteiger partial charge in [0.25, 0.3) is 0 Å². The minimum atomic E-state index is -0.110. The van der Waals surface area contributed by atoms with Crippen molar-refractivity contribution in [3.05, 3.63) is 28.8 Å². The smallest absolute Gasteiger partial charge is 0.226 e. The van der Waals surface area contributed by atoms with Crippen LogP contribution < -0.4 is 5.32 Å². The Balaban J connectivity index is 2.45. The molecule has 122 valence electrons. The third-order valence-electron chi connectivity index (χ3n) is 3.54. The van der Waals surface area contributed by atoms with Gasteiger partial charge in [-0.25, -0.2) is 0 Å². The molecule has 0 saturated carbocycles. The number of hydrogen-bond donors (Lipinski definition) is 1. The number of amides is 2. The number of anilines is 1. The standard InChI is InChI=1S/C17H25ClN2O2/c1-4-5-6-10-20(14(3)21)11-9-17(22)19-15-8-7-13(2)16(18)12-15/h7-8,12H,4-6,9-11H2,1-3H3,(H,19,22). The number of nitrogens with one attached hydrogen (secondary N) is 1. The van der Waals surface area contributed by atoms with E-state index in [9.17, 15) is 9.59 Å². The molecule has 0 aromatic heterocycles. The van der Waals surface area contributed by atoms with Crippen LogP contribution >= 0.6 is 11.6 Å². The zero-order valence-electron chi connectivity index (χ0n) is 13.6. The second-order valence-corrected chi connectivity index (χ2v) is 5.88. The van der Waals surface area contributed by atoms with Crippen molar-refractivity contribution in [2.75, 3.05) is 18.4 Å². The number of hydrogen-bond acceptors (Lipinski definition) is 2. The molecule has 5 heteroatoms. The zero-order chi connectivity index (χ0) is 16.5. The Morgan fingerprint density at radius 3 is 2.55 bits per heavy atom. The monoisotopic (exact) mass is 324 g/mol. The number of aryl methyl sites for hydroxylation is 1. The van der Waals surface area contributed by atoms with Gasteiger partial charge in [-0.05, 0) is 31.0 Å². The van der Waals surface area contributed by atoms with Crippen LogP contribution in [-0.2, 0) is 9.59 Å². The van der Waals surface area contributed by atoms with Gasteiger partial charge in [-0.3, -0.25) is 9.59 Å². The predicted octanol–water partition coefficient (Wildman–Crippen LogP) is 4.02. The maximum absolute atomic E-state index is 12.0. The molecule has 0 fully saturated rings. The minimum absolute atomic E-state index is 0.0160. The van der Waals surface area contributed by atoms with Crippen LogP contribution in [0.5, 0.6) is 0 Å². The fourth-order valence-corrected chi connectivity index (χ4v) is 2.29. The van der Waals surface area contributed by atoms with E-state index in [0.717, 1.165) is 24.8 Å². The molecule has 1 rings (SSSR count). The number of nitrogens with zero attached hydrogens (tertiary/aromatic N) is 1. The molecule has 0 aliphatic heterocycles. The molecule has 4 nitrogen and oxygen atoms in total. The predicted molar refractivity (Wildman–Crippen MR) is 91.2 cm³/mol. The van der Waals surface area contributed by atoms with Crippen LogP contribution in [0.1, 0.15) is 45.1 Å². The highest BCUT2D eigenvalue weighted by Gasteiger charge is 2.11. The molecule has 0 aliphatic rings. The molecule has 0 radical (unpaired) electrons. The maximum Gasteiger partial charge on any atom is 0.226 e. The lowest BCUT2D eigenvalue weighted by Gasteiger charge is -2.20. The highest BCUT2D eigenvalue weighted by atomic mass is 35.5. The van der Waals surface area contributed by atoms with E-state index in [1.807, 2.05) is 19.1 Å². The van der Waals surface area contributed by atoms with E-state index in [1.165, 1.54) is 0 Å². The number of carbonyl (C=O) groups excluding carboxylic acids is 2. The summed E-state index contributed by atoms with van der Waals surface area (Å²) in [7, 11) is 0. The quantitative estimate of drug-likeness (QED) is 0.734. The van der Waals surface area contributed by atoms with Crippen molar-refractivity contribution in [2.45, 2.75) is 46.5 Å². The van der Waals surface area contributed by atoms with Gasteiger partial charge in [0.1, 0.15) is 0 Å². The summed E-state index contributed by atoms with van der Waals surface area (Å²) in [5, 5.41) is 3.44. The van der Waals surface area contributed by atoms with E-state index in [4.69, 9.17) is 11.6 Å². The van der Waals surface area contributed by atoms with Crippen LogP contribution in [0.2, 0.25) is 5.02 Å². The lowest BCUT2D eigenvalue weighted by Crippen LogP contribution is -2.32. The minimum Gasteiger partial charge on any atom is -0.342 e. The summed E-state index contributed by atoms with van der Waals surface area (Å²) in [6.07, 6.45) is 3.47. The fourth-order valence-electron chi connectivity index (χ4n) is 2.11. The third kappa shape index (κ3) is 6.48. The summed E-state index contributed by atoms with van der Waals surface area (Å²) in [5.74, 6) is -0.0936. The summed E-state index contributed by atoms with van der Waals surface area (Å²) in [6, 6.07) is 5.42. The fraction of sp³-hybridized carbons (Fsp3) is 0.529. The first-order valence-electron chi connectivity index (χ1n) is 7.75. The van der Waals surface area contributed by atoms with Crippen LogP contribution in [0.4, 0.5) is 5.69 Å². The van der Waals surface area contributed by atoms with Gasteiger partial charge in [-0.15, -0.1) is 0 Å². The van der Waals surface area contributed by atoms with E-state index >= 15 is 0 Å². The Morgan fingerprint density at radius 1 is 1.23 bits per heavy atom. The topological polar surface area (TPSA) is 49.4 Å². The van der Waals surface area contributed by atoms with E-state index < -0.39 is 0 Å². The molecular formula is C17H25ClN2O2. The molecule has 0 saturated heterocycles. The number of benzene rings is 1. The second-order valence-electron chi connectivity index (χ2n) is 5.48. The Kier molecular flexibility index (Phi) is 7.96. The average molecular weight is 325 g/mol. The number of rotatable bonds is 8. The van der Waals surface area contributed by atoms with Gasteiger partial charge in [0, 0.05) is 37.1 Å². The zero-order valence-corrected chi connectivity index (χ0v) is 14.4. The molecule has 0 unspecified atom stereocenters. The molecule has 1 aromatic carbocycles. The second kappa shape index (κ2) is 9.46. The van der Waals surface area contributed by atoms with E-state index in [1.54, 1.807) is 17.9 Å². The van der Waals surface area contributed by atoms with E-state index in [-0.39, 0.29) is 18.2 Å². The summed E-state index contributed by atoms with van der Waals surface area (Å²) >= 11 is 6.03. The van der Waals surface area contributed by atoms with Crippen LogP contribution in [0.3, 0.4) is 0 Å². The van der Waals surface area contributed by atoms with Crippen molar-refractivity contribution >= 4 is 29.1 Å². The highest BCUT2D eigenvalue weighted by Crippen LogP contribution is 2.20. The molecule has 1 aromatic rings. The molecule has 22 heavy (non-hydrogen) atoms. The van der Waals surface area contributed by atoms with Gasteiger partial charge in [0.15, 0.2) is 0 Å². The molecule has 2 amide bonds. The van der Waals surface area contributed by atoms with Gasteiger partial charge in [-0.1, -0.05) is 37.4 Å². The summed E-state index contributed by atoms with van der Waals surface area (Å²) in [6.45, 7) is 6.74. The summed E-state index contributed by atoms with van der Waals surface area (Å²) in [5.41, 5.74) is 1.65. The van der Waals surface area contributed by atoms with E-state index in [2.05, 4.69) is 12.2 Å². The van der Waals surface area contributed by atoms with Gasteiger partial charge in [0.2, 0.25) is 11.8 Å². The molecular weight excluding hydrogens is 300 g/mol. The SMILES string of the molecule is CCCCCN(CCC(=O)Nc1ccc(C)c(Cl)c1)C(C)=O. The Labute approximate surface area is 137 Å². The van der Waals surface area contributed by atoms with Gasteiger partial charge in [-0.2, -0.15) is 0 Å². The number of carbonyl (C=O) groups is 2. The maximum atomic E-state index is 12.0. The normalized spacial score (nSPS) is 10.4. The first kappa shape index (κ1) is 18.5. The lowest BCUT2D eigenvalue weighted by atomic mass is 10.2. The molecule has 0 bridgehead atoms. The van der Waals surface area contributed by atoms with Crippen LogP contribution in [0.15, 0.2) is 18.2 Å². The van der Waals surface area contributed by atoms with E-state index in [0.29, 0.717) is 23.8 Å². The van der Waals surface area contributed by atoms with Crippen molar-refractivity contribution in [3.8, 4) is 0 Å². The van der Waals surface area contributed by atoms with Gasteiger partial charge < -0.3 is 10.2 Å². The van der Waals surface area contributed by atoms with Gasteiger partial charge in [0.05, 0.1) is 0 Å². The molecule has 0 atom stereocenters. The van der Waals surface area contributed by atoms with Crippen LogP contribution in [0, 0.1) is 6.92 Å². The third-order valence-corrected chi connectivity index (χ3v) is 3.95. The first-order valence-corrected chi connectivity index (χ1v) is 8.13. The van der Waals surface area contributed by atoms with Crippen molar-refractivity contribution in [2.24, 2.45) is 0 Å². The highest BCUT2D eigenvalue weighted by molar-refractivity contribution is 6.31. The van der Waals surface area contributed by atoms with Gasteiger partial charge >= 0.3 is 0 Å². The first-order chi connectivity index (χ1) is 10.4. The molecule has 0 spiro atoms. The molecule has 0 aliphatic carbocycles. The number of unbranched alkanes of at least 4 members (excludes halogenated alkanes) is 2. The summed E-state index contributed by atoms with van der Waals surface area (Å²) < 4.78 is 0. The van der Waals surface area contributed by atoms with Crippen LogP contribution in [-0.4, -0.2) is 29.8 Å². The summed E-state index contributed by atoms with van der Waals surface area (Å²) in [4.78, 5) is 25.3. The Bertz CT molecular complexity index is 517. The van der Waals surface area contributed by atoms with Crippen molar-refractivity contribution < 1.29 is 9.59 Å². The average Bonchev–Trinajstić information content (AvgIpc) is 2.46. The molecule has 0 heterocycles. The Hall–Kier alpha value is -1.55. The van der Waals surface area contributed by atoms with Crippen molar-refractivity contribution in [3.63, 3.8) is 0 Å². The number of halogens is 1.